The summed E-state index contributed by atoms with van der Waals surface area (Å²) in [6.45, 7) is 0.881. The van der Waals surface area contributed by atoms with Gasteiger partial charge in [-0.15, -0.1) is 24.0 Å². The Morgan fingerprint density at radius 2 is 1.92 bits per heavy atom. The SMILES string of the molecule is CN=C(NCCc1ccccn1)NCc1cccc(C(F)(F)F)c1.I. The molecular weight excluding hydrogens is 444 g/mol. The maximum absolute atomic E-state index is 12.7. The lowest BCUT2D eigenvalue weighted by molar-refractivity contribution is -0.137. The molecule has 0 aliphatic heterocycles. The zero-order chi connectivity index (χ0) is 17.4. The van der Waals surface area contributed by atoms with Crippen molar-refractivity contribution in [2.75, 3.05) is 13.6 Å². The number of halogens is 4. The van der Waals surface area contributed by atoms with Gasteiger partial charge in [0.15, 0.2) is 5.96 Å². The Balaban J connectivity index is 0.00000312. The van der Waals surface area contributed by atoms with E-state index in [4.69, 9.17) is 0 Å². The third-order valence-electron chi connectivity index (χ3n) is 3.34. The second-order valence-corrected chi connectivity index (χ2v) is 5.12. The Hall–Kier alpha value is -1.84. The molecule has 2 rings (SSSR count). The molecule has 0 saturated heterocycles. The molecule has 0 aliphatic carbocycles. The largest absolute Gasteiger partial charge is 0.416 e. The summed E-state index contributed by atoms with van der Waals surface area (Å²) in [5.41, 5.74) is 0.843. The van der Waals surface area contributed by atoms with Crippen molar-refractivity contribution in [1.29, 1.82) is 0 Å². The average molecular weight is 464 g/mol. The third-order valence-corrected chi connectivity index (χ3v) is 3.34. The number of hydrogen-bond acceptors (Lipinski definition) is 2. The number of aliphatic imine (C=N–C) groups is 1. The maximum atomic E-state index is 12.7. The minimum absolute atomic E-state index is 0. The van der Waals surface area contributed by atoms with E-state index in [2.05, 4.69) is 20.6 Å². The Labute approximate surface area is 162 Å². The number of benzene rings is 1. The molecule has 8 heteroatoms. The molecule has 0 atom stereocenters. The van der Waals surface area contributed by atoms with Crippen molar-refractivity contribution in [2.45, 2.75) is 19.1 Å². The molecular formula is C17H20F3IN4. The van der Waals surface area contributed by atoms with Crippen LogP contribution < -0.4 is 10.6 Å². The molecule has 0 saturated carbocycles. The Morgan fingerprint density at radius 1 is 1.12 bits per heavy atom. The van der Waals surface area contributed by atoms with Crippen molar-refractivity contribution < 1.29 is 13.2 Å². The number of pyridine rings is 1. The molecule has 25 heavy (non-hydrogen) atoms. The molecule has 2 N–H and O–H groups in total. The van der Waals surface area contributed by atoms with Crippen molar-refractivity contribution in [3.05, 3.63) is 65.5 Å². The molecule has 1 aromatic carbocycles. The standard InChI is InChI=1S/C17H19F3N4.HI/c1-21-16(23-10-8-15-7-2-3-9-22-15)24-12-13-5-4-6-14(11-13)17(18,19)20;/h2-7,9,11H,8,10,12H2,1H3,(H2,21,23,24);1H. The molecule has 1 heterocycles. The van der Waals surface area contributed by atoms with Gasteiger partial charge in [-0.2, -0.15) is 13.2 Å². The summed E-state index contributed by atoms with van der Waals surface area (Å²) in [7, 11) is 1.61. The summed E-state index contributed by atoms with van der Waals surface area (Å²) in [5, 5.41) is 6.11. The highest BCUT2D eigenvalue weighted by molar-refractivity contribution is 14.0. The molecule has 1 aromatic heterocycles. The molecule has 0 radical (unpaired) electrons. The molecule has 0 bridgehead atoms. The fourth-order valence-corrected chi connectivity index (χ4v) is 2.12. The van der Waals surface area contributed by atoms with Crippen LogP contribution in [0.1, 0.15) is 16.8 Å². The number of guanidine groups is 1. The van der Waals surface area contributed by atoms with Gasteiger partial charge in [-0.3, -0.25) is 9.98 Å². The first kappa shape index (κ1) is 21.2. The van der Waals surface area contributed by atoms with Crippen LogP contribution in [0.25, 0.3) is 0 Å². The molecule has 2 aromatic rings. The van der Waals surface area contributed by atoms with Crippen molar-refractivity contribution in [3.63, 3.8) is 0 Å². The minimum Gasteiger partial charge on any atom is -0.356 e. The van der Waals surface area contributed by atoms with E-state index in [1.807, 2.05) is 18.2 Å². The smallest absolute Gasteiger partial charge is 0.356 e. The normalized spacial score (nSPS) is 11.6. The van der Waals surface area contributed by atoms with Crippen molar-refractivity contribution in [2.24, 2.45) is 4.99 Å². The van der Waals surface area contributed by atoms with Crippen LogP contribution in [-0.4, -0.2) is 24.5 Å². The van der Waals surface area contributed by atoms with E-state index in [0.717, 1.165) is 24.2 Å². The first-order chi connectivity index (χ1) is 11.5. The topological polar surface area (TPSA) is 49.3 Å². The lowest BCUT2D eigenvalue weighted by atomic mass is 10.1. The summed E-state index contributed by atoms with van der Waals surface area (Å²) in [4.78, 5) is 8.28. The predicted molar refractivity (Wildman–Crippen MR) is 103 cm³/mol. The molecule has 0 fully saturated rings. The summed E-state index contributed by atoms with van der Waals surface area (Å²) < 4.78 is 38.1. The zero-order valence-electron chi connectivity index (χ0n) is 13.7. The van der Waals surface area contributed by atoms with Gasteiger partial charge < -0.3 is 10.6 Å². The number of aromatic nitrogens is 1. The molecule has 136 valence electrons. The van der Waals surface area contributed by atoms with Crippen LogP contribution in [0.4, 0.5) is 13.2 Å². The van der Waals surface area contributed by atoms with E-state index in [9.17, 15) is 13.2 Å². The quantitative estimate of drug-likeness (QED) is 0.404. The fourth-order valence-electron chi connectivity index (χ4n) is 2.12. The van der Waals surface area contributed by atoms with E-state index in [1.165, 1.54) is 6.07 Å². The summed E-state index contributed by atoms with van der Waals surface area (Å²) >= 11 is 0. The van der Waals surface area contributed by atoms with Crippen LogP contribution in [0.2, 0.25) is 0 Å². The number of hydrogen-bond donors (Lipinski definition) is 2. The van der Waals surface area contributed by atoms with E-state index in [1.54, 1.807) is 19.3 Å². The van der Waals surface area contributed by atoms with Crippen LogP contribution in [0.5, 0.6) is 0 Å². The van der Waals surface area contributed by atoms with Gasteiger partial charge in [0, 0.05) is 38.4 Å². The van der Waals surface area contributed by atoms with E-state index >= 15 is 0 Å². The van der Waals surface area contributed by atoms with Crippen LogP contribution in [-0.2, 0) is 19.1 Å². The van der Waals surface area contributed by atoms with Gasteiger partial charge in [-0.25, -0.2) is 0 Å². The minimum atomic E-state index is -4.33. The Kier molecular flexibility index (Phi) is 8.67. The second kappa shape index (κ2) is 10.2. The van der Waals surface area contributed by atoms with Crippen molar-refractivity contribution in [1.82, 2.24) is 15.6 Å². The summed E-state index contributed by atoms with van der Waals surface area (Å²) in [5.74, 6) is 0.531. The van der Waals surface area contributed by atoms with Crippen LogP contribution in [0.15, 0.2) is 53.7 Å². The predicted octanol–water partition coefficient (Wildman–Crippen LogP) is 3.63. The maximum Gasteiger partial charge on any atom is 0.416 e. The summed E-state index contributed by atoms with van der Waals surface area (Å²) in [6, 6.07) is 10.9. The molecule has 0 amide bonds. The van der Waals surface area contributed by atoms with Crippen molar-refractivity contribution in [3.8, 4) is 0 Å². The Bertz CT molecular complexity index is 675. The lowest BCUT2D eigenvalue weighted by Crippen LogP contribution is -2.37. The van der Waals surface area contributed by atoms with Gasteiger partial charge in [0.1, 0.15) is 0 Å². The van der Waals surface area contributed by atoms with E-state index in [-0.39, 0.29) is 30.5 Å². The Morgan fingerprint density at radius 3 is 2.56 bits per heavy atom. The highest BCUT2D eigenvalue weighted by Gasteiger charge is 2.30. The third kappa shape index (κ3) is 7.29. The molecule has 0 spiro atoms. The lowest BCUT2D eigenvalue weighted by Gasteiger charge is -2.13. The van der Waals surface area contributed by atoms with Gasteiger partial charge in [0.25, 0.3) is 0 Å². The number of nitrogens with zero attached hydrogens (tertiary/aromatic N) is 2. The van der Waals surface area contributed by atoms with Gasteiger partial charge in [-0.1, -0.05) is 18.2 Å². The van der Waals surface area contributed by atoms with E-state index in [0.29, 0.717) is 18.1 Å². The number of nitrogens with one attached hydrogen (secondary N) is 2. The molecule has 4 nitrogen and oxygen atoms in total. The number of alkyl halides is 3. The molecule has 0 unspecified atom stereocenters. The van der Waals surface area contributed by atoms with Crippen molar-refractivity contribution >= 4 is 29.9 Å². The zero-order valence-corrected chi connectivity index (χ0v) is 16.0. The van der Waals surface area contributed by atoms with Crippen LogP contribution >= 0.6 is 24.0 Å². The van der Waals surface area contributed by atoms with Crippen LogP contribution in [0.3, 0.4) is 0 Å². The van der Waals surface area contributed by atoms with Gasteiger partial charge in [0.05, 0.1) is 5.56 Å². The van der Waals surface area contributed by atoms with Gasteiger partial charge in [-0.05, 0) is 29.8 Å². The number of rotatable bonds is 5. The average Bonchev–Trinajstić information content (AvgIpc) is 2.58. The second-order valence-electron chi connectivity index (χ2n) is 5.12. The highest BCUT2D eigenvalue weighted by atomic mass is 127. The first-order valence-electron chi connectivity index (χ1n) is 7.49. The van der Waals surface area contributed by atoms with E-state index < -0.39 is 11.7 Å². The monoisotopic (exact) mass is 464 g/mol. The highest BCUT2D eigenvalue weighted by Crippen LogP contribution is 2.29. The van der Waals surface area contributed by atoms with Crippen LogP contribution in [0, 0.1) is 0 Å². The fraction of sp³-hybridized carbons (Fsp3) is 0.294. The molecule has 0 aliphatic rings. The first-order valence-corrected chi connectivity index (χ1v) is 7.49. The van der Waals surface area contributed by atoms with Gasteiger partial charge >= 0.3 is 6.18 Å². The summed E-state index contributed by atoms with van der Waals surface area (Å²) in [6.07, 6.45) is -1.88. The van der Waals surface area contributed by atoms with Gasteiger partial charge in [0.2, 0.25) is 0 Å².